The fourth-order valence-electron chi connectivity index (χ4n) is 5.82. The van der Waals surface area contributed by atoms with Gasteiger partial charge in [-0.15, -0.1) is 11.8 Å². The lowest BCUT2D eigenvalue weighted by atomic mass is 9.66. The van der Waals surface area contributed by atoms with Crippen LogP contribution in [0.25, 0.3) is 0 Å². The predicted molar refractivity (Wildman–Crippen MR) is 123 cm³/mol. The Morgan fingerprint density at radius 1 is 1.34 bits per heavy atom. The van der Waals surface area contributed by atoms with E-state index in [0.717, 1.165) is 6.42 Å². The normalized spacial score (nSPS) is 33.8. The number of ether oxygens (including phenoxy) is 1. The lowest BCUT2D eigenvalue weighted by Crippen LogP contribution is -2.56. The van der Waals surface area contributed by atoms with Crippen LogP contribution in [0, 0.1) is 17.8 Å². The molecule has 1 aromatic rings. The number of nitrogens with zero attached hydrogens (tertiary/aromatic N) is 1. The van der Waals surface area contributed by atoms with Gasteiger partial charge in [0.1, 0.15) is 6.04 Å². The number of benzene rings is 1. The van der Waals surface area contributed by atoms with Crippen LogP contribution in [0.15, 0.2) is 24.3 Å². The molecule has 3 aliphatic heterocycles. The van der Waals surface area contributed by atoms with Gasteiger partial charge in [-0.3, -0.25) is 14.4 Å². The molecule has 3 fully saturated rings. The average molecular weight is 481 g/mol. The fraction of sp³-hybridized carbons (Fsp3) is 0.609. The predicted octanol–water partition coefficient (Wildman–Crippen LogP) is 2.95. The highest BCUT2D eigenvalue weighted by molar-refractivity contribution is 8.02. The first-order valence-corrected chi connectivity index (χ1v) is 12.4. The van der Waals surface area contributed by atoms with E-state index in [-0.39, 0.29) is 42.2 Å². The van der Waals surface area contributed by atoms with Gasteiger partial charge in [-0.25, -0.2) is 0 Å². The van der Waals surface area contributed by atoms with E-state index >= 15 is 0 Å². The minimum absolute atomic E-state index is 0.0549. The van der Waals surface area contributed by atoms with E-state index in [9.17, 15) is 19.5 Å². The average Bonchev–Trinajstić information content (AvgIpc) is 3.35. The monoisotopic (exact) mass is 480 g/mol. The molecule has 2 bridgehead atoms. The molecule has 9 heteroatoms. The molecule has 2 N–H and O–H groups in total. The topological polar surface area (TPSA) is 95.9 Å². The van der Waals surface area contributed by atoms with Crippen LogP contribution in [-0.2, 0) is 19.1 Å². The van der Waals surface area contributed by atoms with E-state index < -0.39 is 28.7 Å². The molecule has 3 unspecified atom stereocenters. The summed E-state index contributed by atoms with van der Waals surface area (Å²) in [5.41, 5.74) is 0.579. The van der Waals surface area contributed by atoms with Crippen molar-refractivity contribution in [2.24, 2.45) is 17.8 Å². The van der Waals surface area contributed by atoms with Crippen LogP contribution >= 0.6 is 23.4 Å². The lowest BCUT2D eigenvalue weighted by Gasteiger charge is -2.39. The van der Waals surface area contributed by atoms with Crippen LogP contribution in [-0.4, -0.2) is 63.1 Å². The molecule has 3 heterocycles. The van der Waals surface area contributed by atoms with Crippen LogP contribution in [0.2, 0.25) is 5.02 Å². The number of hydrogen-bond donors (Lipinski definition) is 2. The molecule has 32 heavy (non-hydrogen) atoms. The standard InChI is InChI=1S/C23H29ClN2O5S/c1-4-15(11-27)26-19(20(28)25-14-8-6-13(24)7-9-14)23-12(3)10-16(32-23)17(18(23)21(26)29)22(30)31-5-2/h6-9,12,15-19,27H,4-5,10-11H2,1-3H3,(H,25,28)/t12?,15-,16-,17+,18-,19?,23?/m0/s1. The Balaban J connectivity index is 1.76. The van der Waals surface area contributed by atoms with E-state index in [4.69, 9.17) is 16.3 Å². The van der Waals surface area contributed by atoms with Gasteiger partial charge in [-0.2, -0.15) is 0 Å². The fourth-order valence-corrected chi connectivity index (χ4v) is 8.34. The summed E-state index contributed by atoms with van der Waals surface area (Å²) >= 11 is 7.56. The quantitative estimate of drug-likeness (QED) is 0.582. The number of carbonyl (C=O) groups is 3. The Bertz CT molecular complexity index is 908. The second kappa shape index (κ2) is 8.88. The van der Waals surface area contributed by atoms with Crippen molar-refractivity contribution >= 4 is 46.8 Å². The summed E-state index contributed by atoms with van der Waals surface area (Å²) in [5, 5.41) is 13.5. The van der Waals surface area contributed by atoms with Gasteiger partial charge in [0.05, 0.1) is 35.8 Å². The van der Waals surface area contributed by atoms with Crippen molar-refractivity contribution in [3.05, 3.63) is 29.3 Å². The Morgan fingerprint density at radius 3 is 2.62 bits per heavy atom. The first kappa shape index (κ1) is 23.4. The molecule has 174 valence electrons. The van der Waals surface area contributed by atoms with Crippen molar-refractivity contribution in [3.8, 4) is 0 Å². The zero-order chi connectivity index (χ0) is 23.2. The van der Waals surface area contributed by atoms with Crippen molar-refractivity contribution in [2.75, 3.05) is 18.5 Å². The lowest BCUT2D eigenvalue weighted by molar-refractivity contribution is -0.154. The summed E-state index contributed by atoms with van der Waals surface area (Å²) in [7, 11) is 0. The maximum Gasteiger partial charge on any atom is 0.310 e. The van der Waals surface area contributed by atoms with Crippen molar-refractivity contribution in [2.45, 2.75) is 55.7 Å². The smallest absolute Gasteiger partial charge is 0.310 e. The number of halogens is 1. The molecular weight excluding hydrogens is 452 g/mol. The molecule has 2 amide bonds. The summed E-state index contributed by atoms with van der Waals surface area (Å²) < 4.78 is 4.59. The van der Waals surface area contributed by atoms with Gasteiger partial charge in [0.2, 0.25) is 11.8 Å². The molecule has 7 nitrogen and oxygen atoms in total. The SMILES string of the molecule is CCOC(=O)[C@@H]1[C@@H]2CC(C)C3(S2)C(C(=O)Nc2ccc(Cl)cc2)N([C@@H](CC)CO)C(=O)[C@H]13. The minimum Gasteiger partial charge on any atom is -0.466 e. The Morgan fingerprint density at radius 2 is 2.03 bits per heavy atom. The highest BCUT2D eigenvalue weighted by Crippen LogP contribution is 2.69. The Hall–Kier alpha value is -1.77. The maximum atomic E-state index is 13.8. The first-order chi connectivity index (χ1) is 15.3. The maximum absolute atomic E-state index is 13.8. The molecule has 7 atom stereocenters. The van der Waals surface area contributed by atoms with E-state index in [0.29, 0.717) is 17.1 Å². The highest BCUT2D eigenvalue weighted by Gasteiger charge is 2.76. The van der Waals surface area contributed by atoms with Crippen LogP contribution < -0.4 is 5.32 Å². The molecule has 0 aromatic heterocycles. The van der Waals surface area contributed by atoms with Crippen molar-refractivity contribution < 1.29 is 24.2 Å². The second-order valence-electron chi connectivity index (χ2n) is 8.79. The number of aliphatic hydroxyl groups excluding tert-OH is 1. The Labute approximate surface area is 197 Å². The summed E-state index contributed by atoms with van der Waals surface area (Å²) in [5.74, 6) is -2.06. The molecule has 1 spiro atoms. The van der Waals surface area contributed by atoms with E-state index in [1.165, 1.54) is 0 Å². The van der Waals surface area contributed by atoms with E-state index in [1.54, 1.807) is 47.9 Å². The van der Waals surface area contributed by atoms with Gasteiger partial charge < -0.3 is 20.1 Å². The molecule has 1 aromatic carbocycles. The zero-order valence-electron chi connectivity index (χ0n) is 18.4. The Kier molecular flexibility index (Phi) is 6.49. The molecular formula is C23H29ClN2O5S. The third kappa shape index (κ3) is 3.42. The number of esters is 1. The molecule has 4 rings (SSSR count). The number of thioether (sulfide) groups is 1. The van der Waals surface area contributed by atoms with Gasteiger partial charge >= 0.3 is 5.97 Å². The molecule has 3 saturated heterocycles. The van der Waals surface area contributed by atoms with Crippen molar-refractivity contribution in [1.29, 1.82) is 0 Å². The van der Waals surface area contributed by atoms with Gasteiger partial charge in [-0.05, 0) is 49.9 Å². The van der Waals surface area contributed by atoms with Crippen LogP contribution in [0.1, 0.15) is 33.6 Å². The molecule has 0 radical (unpaired) electrons. The van der Waals surface area contributed by atoms with Crippen molar-refractivity contribution in [3.63, 3.8) is 0 Å². The van der Waals surface area contributed by atoms with Gasteiger partial charge in [0, 0.05) is 16.0 Å². The summed E-state index contributed by atoms with van der Waals surface area (Å²) in [6.45, 7) is 5.68. The van der Waals surface area contributed by atoms with Crippen LogP contribution in [0.3, 0.4) is 0 Å². The number of likely N-dealkylation sites (tertiary alicyclic amines) is 1. The second-order valence-corrected chi connectivity index (χ2v) is 10.8. The zero-order valence-corrected chi connectivity index (χ0v) is 20.0. The summed E-state index contributed by atoms with van der Waals surface area (Å²) in [4.78, 5) is 41.9. The van der Waals surface area contributed by atoms with Gasteiger partial charge in [0.15, 0.2) is 0 Å². The number of nitrogens with one attached hydrogen (secondary N) is 1. The summed E-state index contributed by atoms with van der Waals surface area (Å²) in [6, 6.07) is 5.50. The van der Waals surface area contributed by atoms with Crippen molar-refractivity contribution in [1.82, 2.24) is 4.90 Å². The number of aliphatic hydroxyl groups is 1. The number of hydrogen-bond acceptors (Lipinski definition) is 6. The molecule has 0 aliphatic carbocycles. The third-order valence-electron chi connectivity index (χ3n) is 7.18. The summed E-state index contributed by atoms with van der Waals surface area (Å²) in [6.07, 6.45) is 1.24. The van der Waals surface area contributed by atoms with Gasteiger partial charge in [0.25, 0.3) is 0 Å². The third-order valence-corrected chi connectivity index (χ3v) is 9.51. The largest absolute Gasteiger partial charge is 0.466 e. The highest BCUT2D eigenvalue weighted by atomic mass is 35.5. The first-order valence-electron chi connectivity index (χ1n) is 11.1. The molecule has 0 saturated carbocycles. The van der Waals surface area contributed by atoms with Crippen LogP contribution in [0.4, 0.5) is 5.69 Å². The number of rotatable bonds is 7. The van der Waals surface area contributed by atoms with Gasteiger partial charge in [-0.1, -0.05) is 25.4 Å². The number of amides is 2. The number of carbonyl (C=O) groups excluding carboxylic acids is 3. The minimum atomic E-state index is -0.794. The van der Waals surface area contributed by atoms with Crippen LogP contribution in [0.5, 0.6) is 0 Å². The van der Waals surface area contributed by atoms with E-state index in [2.05, 4.69) is 12.2 Å². The number of anilines is 1. The number of fused-ring (bicyclic) bond motifs is 1. The molecule has 3 aliphatic rings. The van der Waals surface area contributed by atoms with E-state index in [1.807, 2.05) is 6.92 Å².